The Morgan fingerprint density at radius 2 is 1.94 bits per heavy atom. The summed E-state index contributed by atoms with van der Waals surface area (Å²) < 4.78 is 65.1. The van der Waals surface area contributed by atoms with Crippen molar-refractivity contribution in [3.8, 4) is 5.88 Å². The second-order valence-corrected chi connectivity index (χ2v) is 3.49. The molecule has 0 aliphatic carbocycles. The Balaban J connectivity index is 2.80. The van der Waals surface area contributed by atoms with Crippen molar-refractivity contribution >= 4 is 17.5 Å². The van der Waals surface area contributed by atoms with Crippen LogP contribution < -0.4 is 10.1 Å². The standard InChI is InChI=1S/C8H7ClF5N3O/c1-15-6-16-2-4(9)5(17-6)18-3-7(10,11)8(12,13)14/h2H,3H2,1H3,(H,15,16,17). The average Bonchev–Trinajstić information content (AvgIpc) is 2.26. The lowest BCUT2D eigenvalue weighted by Gasteiger charge is -2.19. The molecule has 0 bridgehead atoms. The van der Waals surface area contributed by atoms with Crippen molar-refractivity contribution in [2.45, 2.75) is 12.1 Å². The summed E-state index contributed by atoms with van der Waals surface area (Å²) in [5.41, 5.74) is 0. The zero-order chi connectivity index (χ0) is 14.0. The number of anilines is 1. The molecular formula is C8H7ClF5N3O. The highest BCUT2D eigenvalue weighted by Gasteiger charge is 2.58. The maximum absolute atomic E-state index is 12.6. The topological polar surface area (TPSA) is 47.0 Å². The fourth-order valence-electron chi connectivity index (χ4n) is 0.814. The van der Waals surface area contributed by atoms with Crippen LogP contribution in [0.4, 0.5) is 27.9 Å². The average molecular weight is 292 g/mol. The van der Waals surface area contributed by atoms with Crippen LogP contribution >= 0.6 is 11.6 Å². The van der Waals surface area contributed by atoms with Crippen LogP contribution in [-0.2, 0) is 0 Å². The van der Waals surface area contributed by atoms with E-state index in [0.717, 1.165) is 6.20 Å². The largest absolute Gasteiger partial charge is 0.470 e. The van der Waals surface area contributed by atoms with Crippen molar-refractivity contribution < 1.29 is 26.7 Å². The third-order valence-corrected chi connectivity index (χ3v) is 2.00. The van der Waals surface area contributed by atoms with Gasteiger partial charge in [0.15, 0.2) is 6.61 Å². The maximum atomic E-state index is 12.6. The van der Waals surface area contributed by atoms with Crippen molar-refractivity contribution in [2.24, 2.45) is 0 Å². The normalized spacial score (nSPS) is 12.4. The van der Waals surface area contributed by atoms with E-state index in [4.69, 9.17) is 11.6 Å². The zero-order valence-corrected chi connectivity index (χ0v) is 9.61. The molecule has 4 nitrogen and oxygen atoms in total. The Kier molecular flexibility index (Phi) is 4.15. The minimum Gasteiger partial charge on any atom is -0.470 e. The fourth-order valence-corrected chi connectivity index (χ4v) is 0.960. The third-order valence-electron chi connectivity index (χ3n) is 1.74. The highest BCUT2D eigenvalue weighted by Crippen LogP contribution is 2.36. The van der Waals surface area contributed by atoms with E-state index in [0.29, 0.717) is 0 Å². The van der Waals surface area contributed by atoms with Gasteiger partial charge in [-0.05, 0) is 0 Å². The Hall–Kier alpha value is -1.38. The van der Waals surface area contributed by atoms with Crippen molar-refractivity contribution in [3.63, 3.8) is 0 Å². The molecular weight excluding hydrogens is 285 g/mol. The molecule has 0 spiro atoms. The van der Waals surface area contributed by atoms with Crippen LogP contribution in [0.1, 0.15) is 0 Å². The lowest BCUT2D eigenvalue weighted by molar-refractivity contribution is -0.290. The van der Waals surface area contributed by atoms with Gasteiger partial charge in [-0.3, -0.25) is 0 Å². The molecule has 0 radical (unpaired) electrons. The monoisotopic (exact) mass is 291 g/mol. The van der Waals surface area contributed by atoms with E-state index in [1.54, 1.807) is 0 Å². The molecule has 0 aromatic carbocycles. The molecule has 102 valence electrons. The van der Waals surface area contributed by atoms with Crippen molar-refractivity contribution in [2.75, 3.05) is 19.0 Å². The molecule has 0 saturated carbocycles. The highest BCUT2D eigenvalue weighted by atomic mass is 35.5. The molecule has 18 heavy (non-hydrogen) atoms. The first-order chi connectivity index (χ1) is 8.17. The Labute approximate surface area is 103 Å². The van der Waals surface area contributed by atoms with Gasteiger partial charge in [-0.15, -0.1) is 0 Å². The number of halogens is 6. The zero-order valence-electron chi connectivity index (χ0n) is 8.85. The summed E-state index contributed by atoms with van der Waals surface area (Å²) in [6.07, 6.45) is -4.68. The molecule has 1 rings (SSSR count). The van der Waals surface area contributed by atoms with Gasteiger partial charge >= 0.3 is 12.1 Å². The van der Waals surface area contributed by atoms with Crippen LogP contribution in [0.2, 0.25) is 5.02 Å². The second kappa shape index (κ2) is 5.09. The van der Waals surface area contributed by atoms with E-state index in [1.165, 1.54) is 7.05 Å². The van der Waals surface area contributed by atoms with Crippen LogP contribution in [0.25, 0.3) is 0 Å². The van der Waals surface area contributed by atoms with Gasteiger partial charge in [0.2, 0.25) is 11.8 Å². The Morgan fingerprint density at radius 1 is 1.33 bits per heavy atom. The molecule has 0 aliphatic heterocycles. The van der Waals surface area contributed by atoms with E-state index in [-0.39, 0.29) is 11.0 Å². The molecule has 1 N–H and O–H groups in total. The predicted molar refractivity (Wildman–Crippen MR) is 53.1 cm³/mol. The number of aromatic nitrogens is 2. The molecule has 0 unspecified atom stereocenters. The predicted octanol–water partition coefficient (Wildman–Crippen LogP) is 2.75. The first-order valence-electron chi connectivity index (χ1n) is 4.45. The van der Waals surface area contributed by atoms with E-state index < -0.39 is 24.6 Å². The van der Waals surface area contributed by atoms with E-state index in [1.807, 2.05) is 0 Å². The third kappa shape index (κ3) is 3.31. The summed E-state index contributed by atoms with van der Waals surface area (Å²) >= 11 is 5.49. The molecule has 0 aliphatic rings. The smallest absolute Gasteiger partial charge is 0.456 e. The van der Waals surface area contributed by atoms with E-state index in [2.05, 4.69) is 20.0 Å². The molecule has 10 heteroatoms. The SMILES string of the molecule is CNc1ncc(Cl)c(OCC(F)(F)C(F)(F)F)n1. The molecule has 0 amide bonds. The summed E-state index contributed by atoms with van der Waals surface area (Å²) in [6, 6.07) is 0. The number of hydrogen-bond acceptors (Lipinski definition) is 4. The van der Waals surface area contributed by atoms with Gasteiger partial charge in [0.05, 0.1) is 6.20 Å². The number of ether oxygens (including phenoxy) is 1. The summed E-state index contributed by atoms with van der Waals surface area (Å²) in [6.45, 7) is -1.91. The number of hydrogen-bond donors (Lipinski definition) is 1. The molecule has 0 atom stereocenters. The van der Waals surface area contributed by atoms with Crippen LogP contribution in [0, 0.1) is 0 Å². The van der Waals surface area contributed by atoms with Gasteiger partial charge in [0.25, 0.3) is 0 Å². The molecule has 1 aromatic rings. The fraction of sp³-hybridized carbons (Fsp3) is 0.500. The number of rotatable bonds is 4. The van der Waals surface area contributed by atoms with Gasteiger partial charge in [-0.2, -0.15) is 26.9 Å². The van der Waals surface area contributed by atoms with Crippen LogP contribution in [0.5, 0.6) is 5.88 Å². The summed E-state index contributed by atoms with van der Waals surface area (Å²) in [7, 11) is 1.43. The number of nitrogens with one attached hydrogen (secondary N) is 1. The van der Waals surface area contributed by atoms with Crippen LogP contribution in [-0.4, -0.2) is 35.7 Å². The second-order valence-electron chi connectivity index (χ2n) is 3.09. The molecule has 0 saturated heterocycles. The number of nitrogens with zero attached hydrogens (tertiary/aromatic N) is 2. The summed E-state index contributed by atoms with van der Waals surface area (Å²) in [5, 5.41) is 2.18. The molecule has 0 fully saturated rings. The van der Waals surface area contributed by atoms with Crippen molar-refractivity contribution in [3.05, 3.63) is 11.2 Å². The summed E-state index contributed by atoms with van der Waals surface area (Å²) in [5.74, 6) is -5.56. The van der Waals surface area contributed by atoms with Crippen molar-refractivity contribution in [1.82, 2.24) is 9.97 Å². The van der Waals surface area contributed by atoms with Crippen LogP contribution in [0.15, 0.2) is 6.20 Å². The molecule has 1 aromatic heterocycles. The lowest BCUT2D eigenvalue weighted by atomic mass is 10.3. The van der Waals surface area contributed by atoms with Gasteiger partial charge in [-0.1, -0.05) is 11.6 Å². The highest BCUT2D eigenvalue weighted by molar-refractivity contribution is 6.31. The van der Waals surface area contributed by atoms with Gasteiger partial charge < -0.3 is 10.1 Å². The summed E-state index contributed by atoms with van der Waals surface area (Å²) in [4.78, 5) is 7.11. The van der Waals surface area contributed by atoms with E-state index in [9.17, 15) is 22.0 Å². The first-order valence-corrected chi connectivity index (χ1v) is 4.83. The van der Waals surface area contributed by atoms with E-state index >= 15 is 0 Å². The Morgan fingerprint density at radius 3 is 2.44 bits per heavy atom. The molecule has 1 heterocycles. The maximum Gasteiger partial charge on any atom is 0.456 e. The quantitative estimate of drug-likeness (QED) is 0.867. The minimum absolute atomic E-state index is 0.0234. The van der Waals surface area contributed by atoms with Gasteiger partial charge in [0.1, 0.15) is 5.02 Å². The number of alkyl halides is 5. The van der Waals surface area contributed by atoms with Gasteiger partial charge in [-0.25, -0.2) is 4.98 Å². The van der Waals surface area contributed by atoms with Crippen LogP contribution in [0.3, 0.4) is 0 Å². The first kappa shape index (κ1) is 14.7. The lowest BCUT2D eigenvalue weighted by Crippen LogP contribution is -2.41. The minimum atomic E-state index is -5.70. The van der Waals surface area contributed by atoms with Crippen molar-refractivity contribution in [1.29, 1.82) is 0 Å². The Bertz CT molecular complexity index is 426. The van der Waals surface area contributed by atoms with Gasteiger partial charge in [0, 0.05) is 7.05 Å².